The maximum Gasteiger partial charge on any atom is 0.243 e. The molecule has 1 heterocycles. The summed E-state index contributed by atoms with van der Waals surface area (Å²) in [6.07, 6.45) is 2.37. The number of methoxy groups -OCH3 is 1. The Morgan fingerprint density at radius 3 is 2.94 bits per heavy atom. The summed E-state index contributed by atoms with van der Waals surface area (Å²) in [6, 6.07) is 6.31. The normalized spacial score (nSPS) is 19.1. The van der Waals surface area contributed by atoms with E-state index in [1.807, 2.05) is 18.2 Å². The van der Waals surface area contributed by atoms with Crippen LogP contribution in [0.1, 0.15) is 12.8 Å². The highest BCUT2D eigenvalue weighted by Crippen LogP contribution is 2.39. The zero-order chi connectivity index (χ0) is 11.1. The molecular formula is C12H14N2O2. The van der Waals surface area contributed by atoms with E-state index in [1.54, 1.807) is 7.11 Å². The quantitative estimate of drug-likeness (QED) is 0.820. The largest absolute Gasteiger partial charge is 0.497 e. The van der Waals surface area contributed by atoms with Crippen LogP contribution in [0.5, 0.6) is 5.75 Å². The highest BCUT2D eigenvalue weighted by Gasteiger charge is 2.34. The molecule has 0 bridgehead atoms. The van der Waals surface area contributed by atoms with Gasteiger partial charge in [-0.15, -0.1) is 0 Å². The van der Waals surface area contributed by atoms with E-state index in [-0.39, 0.29) is 5.91 Å². The van der Waals surface area contributed by atoms with Crippen LogP contribution in [0.3, 0.4) is 0 Å². The van der Waals surface area contributed by atoms with Crippen LogP contribution in [0, 0.1) is 0 Å². The lowest BCUT2D eigenvalue weighted by atomic mass is 10.2. The van der Waals surface area contributed by atoms with E-state index in [4.69, 9.17) is 4.74 Å². The Labute approximate surface area is 94.2 Å². The second-order valence-corrected chi connectivity index (χ2v) is 4.29. The van der Waals surface area contributed by atoms with Gasteiger partial charge in [0.1, 0.15) is 5.75 Å². The van der Waals surface area contributed by atoms with Crippen molar-refractivity contribution in [3.8, 4) is 5.75 Å². The van der Waals surface area contributed by atoms with Crippen LogP contribution in [-0.4, -0.2) is 25.6 Å². The summed E-state index contributed by atoms with van der Waals surface area (Å²) in [7, 11) is 1.66. The van der Waals surface area contributed by atoms with Crippen molar-refractivity contribution >= 4 is 17.3 Å². The van der Waals surface area contributed by atoms with Crippen molar-refractivity contribution in [3.63, 3.8) is 0 Å². The molecule has 0 atom stereocenters. The monoisotopic (exact) mass is 218 g/mol. The van der Waals surface area contributed by atoms with Gasteiger partial charge in [0.05, 0.1) is 25.0 Å². The SMILES string of the molecule is COc1ccc2c(c1)N(C1CC1)CC(=O)N2. The lowest BCUT2D eigenvalue weighted by molar-refractivity contribution is -0.115. The lowest BCUT2D eigenvalue weighted by Gasteiger charge is -2.31. The molecule has 1 saturated carbocycles. The molecule has 1 N–H and O–H groups in total. The molecule has 0 saturated heterocycles. The first-order valence-electron chi connectivity index (χ1n) is 5.52. The molecule has 1 aliphatic carbocycles. The molecule has 2 aliphatic rings. The zero-order valence-corrected chi connectivity index (χ0v) is 9.19. The Balaban J connectivity index is 2.03. The number of amides is 1. The van der Waals surface area contributed by atoms with Crippen molar-refractivity contribution < 1.29 is 9.53 Å². The number of carbonyl (C=O) groups excluding carboxylic acids is 1. The molecule has 1 aromatic rings. The predicted octanol–water partition coefficient (Wildman–Crippen LogP) is 1.62. The van der Waals surface area contributed by atoms with Gasteiger partial charge in [-0.3, -0.25) is 4.79 Å². The fraction of sp³-hybridized carbons (Fsp3) is 0.417. The number of rotatable bonds is 2. The van der Waals surface area contributed by atoms with E-state index in [9.17, 15) is 4.79 Å². The maximum atomic E-state index is 11.5. The second-order valence-electron chi connectivity index (χ2n) is 4.29. The van der Waals surface area contributed by atoms with Crippen LogP contribution in [0.25, 0.3) is 0 Å². The highest BCUT2D eigenvalue weighted by molar-refractivity contribution is 6.01. The van der Waals surface area contributed by atoms with Gasteiger partial charge in [-0.25, -0.2) is 0 Å². The third kappa shape index (κ3) is 1.50. The molecule has 1 amide bonds. The van der Waals surface area contributed by atoms with Gasteiger partial charge < -0.3 is 15.0 Å². The van der Waals surface area contributed by atoms with Crippen molar-refractivity contribution in [3.05, 3.63) is 18.2 Å². The van der Waals surface area contributed by atoms with Crippen molar-refractivity contribution in [1.82, 2.24) is 0 Å². The molecule has 0 spiro atoms. The number of fused-ring (bicyclic) bond motifs is 1. The average molecular weight is 218 g/mol. The number of nitrogens with one attached hydrogen (secondary N) is 1. The van der Waals surface area contributed by atoms with E-state index in [2.05, 4.69) is 10.2 Å². The minimum atomic E-state index is 0.0737. The van der Waals surface area contributed by atoms with Crippen molar-refractivity contribution in [2.24, 2.45) is 0 Å². The van der Waals surface area contributed by atoms with Gasteiger partial charge in [0.2, 0.25) is 5.91 Å². The molecule has 0 unspecified atom stereocenters. The Bertz CT molecular complexity index is 441. The fourth-order valence-electron chi connectivity index (χ4n) is 2.12. The van der Waals surface area contributed by atoms with Gasteiger partial charge in [0, 0.05) is 12.1 Å². The Hall–Kier alpha value is -1.71. The molecule has 0 radical (unpaired) electrons. The first kappa shape index (κ1) is 9.51. The third-order valence-electron chi connectivity index (χ3n) is 3.09. The summed E-state index contributed by atoms with van der Waals surface area (Å²) in [4.78, 5) is 13.7. The average Bonchev–Trinajstić information content (AvgIpc) is 3.11. The van der Waals surface area contributed by atoms with E-state index in [1.165, 1.54) is 12.8 Å². The number of hydrogen-bond donors (Lipinski definition) is 1. The van der Waals surface area contributed by atoms with E-state index < -0.39 is 0 Å². The first-order valence-corrected chi connectivity index (χ1v) is 5.52. The van der Waals surface area contributed by atoms with Gasteiger partial charge in [0.15, 0.2) is 0 Å². The molecule has 1 aromatic carbocycles. The summed E-state index contributed by atoms with van der Waals surface area (Å²) < 4.78 is 5.22. The fourth-order valence-corrected chi connectivity index (χ4v) is 2.12. The number of carbonyl (C=O) groups is 1. The Morgan fingerprint density at radius 2 is 2.25 bits per heavy atom. The summed E-state index contributed by atoms with van der Waals surface area (Å²) in [5, 5.41) is 2.89. The van der Waals surface area contributed by atoms with E-state index in [0.29, 0.717) is 12.6 Å². The Kier molecular flexibility index (Phi) is 2.02. The number of benzene rings is 1. The summed E-state index contributed by atoms with van der Waals surface area (Å²) >= 11 is 0. The van der Waals surface area contributed by atoms with E-state index in [0.717, 1.165) is 17.1 Å². The van der Waals surface area contributed by atoms with Crippen LogP contribution in [0.2, 0.25) is 0 Å². The molecule has 4 nitrogen and oxygen atoms in total. The van der Waals surface area contributed by atoms with Gasteiger partial charge in [-0.1, -0.05) is 0 Å². The Morgan fingerprint density at radius 1 is 1.44 bits per heavy atom. The standard InChI is InChI=1S/C12H14N2O2/c1-16-9-4-5-10-11(6-9)14(8-2-3-8)7-12(15)13-10/h4-6,8H,2-3,7H2,1H3,(H,13,15). The van der Waals surface area contributed by atoms with E-state index >= 15 is 0 Å². The van der Waals surface area contributed by atoms with Crippen molar-refractivity contribution in [2.45, 2.75) is 18.9 Å². The first-order chi connectivity index (χ1) is 7.78. The van der Waals surface area contributed by atoms with Crippen LogP contribution in [-0.2, 0) is 4.79 Å². The topological polar surface area (TPSA) is 41.6 Å². The number of ether oxygens (including phenoxy) is 1. The van der Waals surface area contributed by atoms with Crippen molar-refractivity contribution in [1.29, 1.82) is 0 Å². The molecule has 1 fully saturated rings. The highest BCUT2D eigenvalue weighted by atomic mass is 16.5. The summed E-state index contributed by atoms with van der Waals surface area (Å²) in [6.45, 7) is 0.463. The molecule has 16 heavy (non-hydrogen) atoms. The number of anilines is 2. The van der Waals surface area contributed by atoms with Gasteiger partial charge in [-0.05, 0) is 25.0 Å². The molecule has 1 aliphatic heterocycles. The molecule has 84 valence electrons. The predicted molar refractivity (Wildman–Crippen MR) is 62.0 cm³/mol. The third-order valence-corrected chi connectivity index (χ3v) is 3.09. The number of hydrogen-bond acceptors (Lipinski definition) is 3. The molecule has 0 aromatic heterocycles. The minimum Gasteiger partial charge on any atom is -0.497 e. The van der Waals surface area contributed by atoms with Crippen molar-refractivity contribution in [2.75, 3.05) is 23.9 Å². The van der Waals surface area contributed by atoms with Gasteiger partial charge in [-0.2, -0.15) is 0 Å². The van der Waals surface area contributed by atoms with Crippen LogP contribution in [0.15, 0.2) is 18.2 Å². The minimum absolute atomic E-state index is 0.0737. The summed E-state index contributed by atoms with van der Waals surface area (Å²) in [5.41, 5.74) is 1.98. The smallest absolute Gasteiger partial charge is 0.243 e. The molecule has 3 rings (SSSR count). The van der Waals surface area contributed by atoms with Crippen LogP contribution in [0.4, 0.5) is 11.4 Å². The van der Waals surface area contributed by atoms with Crippen LogP contribution < -0.4 is 15.0 Å². The maximum absolute atomic E-state index is 11.5. The molecule has 4 heteroatoms. The summed E-state index contributed by atoms with van der Waals surface area (Å²) in [5.74, 6) is 0.908. The molecular weight excluding hydrogens is 204 g/mol. The van der Waals surface area contributed by atoms with Gasteiger partial charge in [0.25, 0.3) is 0 Å². The van der Waals surface area contributed by atoms with Crippen LogP contribution >= 0.6 is 0 Å². The second kappa shape index (κ2) is 3.40. The number of nitrogens with zero attached hydrogens (tertiary/aromatic N) is 1. The lowest BCUT2D eigenvalue weighted by Crippen LogP contribution is -2.39. The van der Waals surface area contributed by atoms with Gasteiger partial charge >= 0.3 is 0 Å². The zero-order valence-electron chi connectivity index (χ0n) is 9.19.